The molecule has 0 spiro atoms. The minimum atomic E-state index is -0.194. The maximum atomic E-state index is 12.3. The topological polar surface area (TPSA) is 70.7 Å². The van der Waals surface area contributed by atoms with E-state index in [1.165, 1.54) is 0 Å². The Morgan fingerprint density at radius 3 is 2.95 bits per heavy atom. The number of aromatic nitrogens is 3. The maximum Gasteiger partial charge on any atom is 0.252 e. The summed E-state index contributed by atoms with van der Waals surface area (Å²) in [4.78, 5) is 16.5. The highest BCUT2D eigenvalue weighted by molar-refractivity contribution is 6.30. The zero-order valence-electron chi connectivity index (χ0n) is 10.4. The first kappa shape index (κ1) is 12.6. The average molecular weight is 287 g/mol. The lowest BCUT2D eigenvalue weighted by Crippen LogP contribution is -2.23. The van der Waals surface area contributed by atoms with Crippen LogP contribution in [0.1, 0.15) is 16.1 Å². The molecule has 1 amide bonds. The summed E-state index contributed by atoms with van der Waals surface area (Å²) in [6, 6.07) is 10.8. The second-order valence-electron chi connectivity index (χ2n) is 4.27. The quantitative estimate of drug-likeness (QED) is 0.727. The van der Waals surface area contributed by atoms with Gasteiger partial charge in [-0.2, -0.15) is 5.10 Å². The molecule has 0 radical (unpaired) electrons. The number of benzene rings is 1. The molecule has 0 bridgehead atoms. The number of carbonyl (C=O) groups is 1. The van der Waals surface area contributed by atoms with Gasteiger partial charge in [0.15, 0.2) is 0 Å². The van der Waals surface area contributed by atoms with E-state index in [1.54, 1.807) is 18.3 Å². The van der Waals surface area contributed by atoms with Gasteiger partial charge in [0.2, 0.25) is 0 Å². The Morgan fingerprint density at radius 2 is 2.15 bits per heavy atom. The van der Waals surface area contributed by atoms with E-state index in [0.717, 1.165) is 11.1 Å². The maximum absolute atomic E-state index is 12.3. The van der Waals surface area contributed by atoms with Crippen molar-refractivity contribution in [1.82, 2.24) is 20.5 Å². The normalized spacial score (nSPS) is 10.7. The number of rotatable bonds is 3. The molecule has 0 saturated carbocycles. The monoisotopic (exact) mass is 286 g/mol. The lowest BCUT2D eigenvalue weighted by Gasteiger charge is -2.07. The van der Waals surface area contributed by atoms with Crippen molar-refractivity contribution < 1.29 is 4.79 Å². The molecule has 0 aliphatic rings. The van der Waals surface area contributed by atoms with Gasteiger partial charge in [-0.3, -0.25) is 9.89 Å². The summed E-state index contributed by atoms with van der Waals surface area (Å²) in [6.45, 7) is 0.382. The molecule has 0 unspecified atom stereocenters. The molecule has 2 N–H and O–H groups in total. The molecule has 0 saturated heterocycles. The molecule has 5 nitrogen and oxygen atoms in total. The molecular formula is C14H11ClN4O. The predicted molar refractivity (Wildman–Crippen MR) is 76.5 cm³/mol. The van der Waals surface area contributed by atoms with Crippen molar-refractivity contribution in [2.24, 2.45) is 0 Å². The summed E-state index contributed by atoms with van der Waals surface area (Å²) in [5.41, 5.74) is 2.05. The van der Waals surface area contributed by atoms with Crippen LogP contribution in [0.2, 0.25) is 5.15 Å². The van der Waals surface area contributed by atoms with Crippen LogP contribution in [0, 0.1) is 0 Å². The molecule has 6 heteroatoms. The molecule has 2 aromatic heterocycles. The fourth-order valence-corrected chi connectivity index (χ4v) is 2.18. The number of carbonyl (C=O) groups excluding carboxylic acids is 1. The number of para-hydroxylation sites is 1. The number of fused-ring (bicyclic) bond motifs is 1. The Hall–Kier alpha value is -2.40. The van der Waals surface area contributed by atoms with E-state index in [2.05, 4.69) is 20.5 Å². The Kier molecular flexibility index (Phi) is 3.35. The minimum absolute atomic E-state index is 0.194. The molecule has 0 aliphatic carbocycles. The number of nitrogens with zero attached hydrogens (tertiary/aromatic N) is 2. The Morgan fingerprint density at radius 1 is 1.30 bits per heavy atom. The summed E-state index contributed by atoms with van der Waals surface area (Å²) >= 11 is 5.96. The van der Waals surface area contributed by atoms with Gasteiger partial charge < -0.3 is 5.32 Å². The summed E-state index contributed by atoms with van der Waals surface area (Å²) in [6.07, 6.45) is 1.64. The Balaban J connectivity index is 1.90. The fraction of sp³-hybridized carbons (Fsp3) is 0.0714. The molecule has 0 aliphatic heterocycles. The molecule has 2 heterocycles. The summed E-state index contributed by atoms with van der Waals surface area (Å²) < 4.78 is 0. The first-order valence-electron chi connectivity index (χ1n) is 6.06. The van der Waals surface area contributed by atoms with E-state index in [9.17, 15) is 4.79 Å². The van der Waals surface area contributed by atoms with Crippen LogP contribution < -0.4 is 5.32 Å². The van der Waals surface area contributed by atoms with E-state index < -0.39 is 0 Å². The van der Waals surface area contributed by atoms with E-state index in [4.69, 9.17) is 11.6 Å². The highest BCUT2D eigenvalue weighted by atomic mass is 35.5. The van der Waals surface area contributed by atoms with Gasteiger partial charge in [0.1, 0.15) is 5.15 Å². The summed E-state index contributed by atoms with van der Waals surface area (Å²) in [7, 11) is 0. The third-order valence-electron chi connectivity index (χ3n) is 2.93. The van der Waals surface area contributed by atoms with Crippen molar-refractivity contribution in [3.8, 4) is 0 Å². The van der Waals surface area contributed by atoms with Crippen molar-refractivity contribution in [3.05, 3.63) is 59.0 Å². The van der Waals surface area contributed by atoms with Crippen molar-refractivity contribution in [1.29, 1.82) is 0 Å². The van der Waals surface area contributed by atoms with Gasteiger partial charge in [0.25, 0.3) is 5.91 Å². The second kappa shape index (κ2) is 5.30. The Bertz CT molecular complexity index is 755. The number of halogens is 1. The van der Waals surface area contributed by atoms with Crippen LogP contribution in [-0.2, 0) is 6.54 Å². The van der Waals surface area contributed by atoms with Crippen LogP contribution >= 0.6 is 11.6 Å². The number of nitrogens with one attached hydrogen (secondary N) is 2. The van der Waals surface area contributed by atoms with Crippen molar-refractivity contribution >= 4 is 28.4 Å². The van der Waals surface area contributed by atoms with Gasteiger partial charge in [-0.25, -0.2) is 4.98 Å². The van der Waals surface area contributed by atoms with E-state index in [1.807, 2.05) is 24.3 Å². The minimum Gasteiger partial charge on any atom is -0.346 e. The molecule has 0 atom stereocenters. The molecule has 3 rings (SSSR count). The standard InChI is InChI=1S/C14H11ClN4O/c15-13-7-11(10-3-1-2-4-12(10)18-13)14(20)16-8-9-5-6-17-19-9/h1-7H,8H2,(H,16,20)(H,17,19). The number of aromatic amines is 1. The van der Waals surface area contributed by atoms with Crippen molar-refractivity contribution in [3.63, 3.8) is 0 Å². The van der Waals surface area contributed by atoms with Gasteiger partial charge in [0.05, 0.1) is 23.3 Å². The molecular weight excluding hydrogens is 276 g/mol. The highest BCUT2D eigenvalue weighted by Gasteiger charge is 2.12. The number of pyridine rings is 1. The van der Waals surface area contributed by atoms with Crippen LogP contribution in [0.25, 0.3) is 10.9 Å². The second-order valence-corrected chi connectivity index (χ2v) is 4.66. The molecule has 100 valence electrons. The van der Waals surface area contributed by atoms with E-state index in [0.29, 0.717) is 22.8 Å². The van der Waals surface area contributed by atoms with Gasteiger partial charge in [-0.15, -0.1) is 0 Å². The SMILES string of the molecule is O=C(NCc1ccn[nH]1)c1cc(Cl)nc2ccccc12. The lowest BCUT2D eigenvalue weighted by atomic mass is 10.1. The van der Waals surface area contributed by atoms with Gasteiger partial charge in [0, 0.05) is 11.6 Å². The van der Waals surface area contributed by atoms with Crippen molar-refractivity contribution in [2.75, 3.05) is 0 Å². The van der Waals surface area contributed by atoms with Crippen LogP contribution in [-0.4, -0.2) is 21.1 Å². The van der Waals surface area contributed by atoms with Gasteiger partial charge in [-0.05, 0) is 18.2 Å². The zero-order chi connectivity index (χ0) is 13.9. The number of H-pyrrole nitrogens is 1. The summed E-state index contributed by atoms with van der Waals surface area (Å²) in [5, 5.41) is 10.5. The first-order chi connectivity index (χ1) is 9.74. The van der Waals surface area contributed by atoms with Crippen molar-refractivity contribution in [2.45, 2.75) is 6.54 Å². The molecule has 0 fully saturated rings. The van der Waals surface area contributed by atoms with Gasteiger partial charge >= 0.3 is 0 Å². The number of amides is 1. The molecule has 20 heavy (non-hydrogen) atoms. The largest absolute Gasteiger partial charge is 0.346 e. The summed E-state index contributed by atoms with van der Waals surface area (Å²) in [5.74, 6) is -0.194. The van der Waals surface area contributed by atoms with Crippen LogP contribution in [0.4, 0.5) is 0 Å². The molecule has 1 aromatic carbocycles. The lowest BCUT2D eigenvalue weighted by molar-refractivity contribution is 0.0952. The smallest absolute Gasteiger partial charge is 0.252 e. The van der Waals surface area contributed by atoms with Gasteiger partial charge in [-0.1, -0.05) is 29.8 Å². The number of hydrogen-bond donors (Lipinski definition) is 2. The molecule has 3 aromatic rings. The Labute approximate surface area is 120 Å². The third-order valence-corrected chi connectivity index (χ3v) is 3.12. The average Bonchev–Trinajstić information content (AvgIpc) is 2.97. The van der Waals surface area contributed by atoms with E-state index in [-0.39, 0.29) is 5.91 Å². The van der Waals surface area contributed by atoms with Crippen LogP contribution in [0.5, 0.6) is 0 Å². The van der Waals surface area contributed by atoms with E-state index >= 15 is 0 Å². The first-order valence-corrected chi connectivity index (χ1v) is 6.43. The number of hydrogen-bond acceptors (Lipinski definition) is 3. The third kappa shape index (κ3) is 2.48. The van der Waals surface area contributed by atoms with Crippen LogP contribution in [0.3, 0.4) is 0 Å². The zero-order valence-corrected chi connectivity index (χ0v) is 11.2. The van der Waals surface area contributed by atoms with Crippen LogP contribution in [0.15, 0.2) is 42.6 Å². The predicted octanol–water partition coefficient (Wildman–Crippen LogP) is 2.54. The highest BCUT2D eigenvalue weighted by Crippen LogP contribution is 2.20. The fourth-order valence-electron chi connectivity index (χ4n) is 1.98.